The lowest BCUT2D eigenvalue weighted by Gasteiger charge is -2.14. The largest absolute Gasteiger partial charge is 0.278 e. The van der Waals surface area contributed by atoms with Gasteiger partial charge in [-0.1, -0.05) is 84.4 Å². The number of benzene rings is 4. The highest BCUT2D eigenvalue weighted by atomic mass is 35.5. The van der Waals surface area contributed by atoms with E-state index in [4.69, 9.17) is 11.6 Å². The molecule has 0 fully saturated rings. The number of nitrogens with zero attached hydrogens (tertiary/aromatic N) is 2. The normalized spacial score (nSPS) is 10.9. The van der Waals surface area contributed by atoms with E-state index < -0.39 is 14.9 Å². The molecule has 0 bridgehead atoms. The van der Waals surface area contributed by atoms with Crippen molar-refractivity contribution in [2.24, 2.45) is 5.10 Å². The number of hydrogen-bond donors (Lipinski definition) is 2. The molecule has 4 aromatic rings. The summed E-state index contributed by atoms with van der Waals surface area (Å²) in [6.45, 7) is 0. The first-order valence-electron chi connectivity index (χ1n) is 11.3. The van der Waals surface area contributed by atoms with Crippen LogP contribution < -0.4 is 10.1 Å². The number of hydrogen-bond acceptors (Lipinski definition) is 6. The zero-order valence-corrected chi connectivity index (χ0v) is 21.1. The van der Waals surface area contributed by atoms with Crippen LogP contribution in [-0.4, -0.2) is 19.1 Å². The molecule has 8 nitrogen and oxygen atoms in total. The molecule has 0 radical (unpaired) electrons. The maximum atomic E-state index is 13.3. The van der Waals surface area contributed by atoms with Crippen LogP contribution >= 0.6 is 11.6 Å². The van der Waals surface area contributed by atoms with Crippen LogP contribution in [0.15, 0.2) is 113 Å². The molecule has 0 heterocycles. The molecule has 0 amide bonds. The first kappa shape index (κ1) is 25.9. The first-order valence-corrected chi connectivity index (χ1v) is 13.1. The molecule has 4 rings (SSSR count). The topological polar surface area (TPSA) is 114 Å². The number of non-ortho nitro benzene ring substituents is 1. The molecule has 10 heteroatoms. The molecule has 4 aromatic carbocycles. The van der Waals surface area contributed by atoms with Gasteiger partial charge in [-0.2, -0.15) is 5.10 Å². The van der Waals surface area contributed by atoms with Gasteiger partial charge in [-0.25, -0.2) is 8.42 Å². The Labute approximate surface area is 219 Å². The van der Waals surface area contributed by atoms with E-state index in [2.05, 4.69) is 15.2 Å². The van der Waals surface area contributed by atoms with Gasteiger partial charge in [-0.05, 0) is 29.3 Å². The van der Waals surface area contributed by atoms with Crippen molar-refractivity contribution in [3.05, 3.63) is 129 Å². The van der Waals surface area contributed by atoms with Gasteiger partial charge in [0.15, 0.2) is 0 Å². The molecule has 0 spiro atoms. The fourth-order valence-electron chi connectivity index (χ4n) is 3.63. The standard InChI is InChI=1S/C27H23ClN4O4S/c28-24-13-7-8-14-25(24)31-37(35,36)27-19-23(32(33)34)15-16-26(27)30-29-22(17-20-9-3-1-4-10-20)18-21-11-5-2-6-12-21/h1-16,19,30-31H,17-18H2. The number of rotatable bonds is 10. The van der Waals surface area contributed by atoms with Crippen LogP contribution in [0, 0.1) is 10.1 Å². The predicted molar refractivity (Wildman–Crippen MR) is 147 cm³/mol. The molecule has 0 saturated heterocycles. The summed E-state index contributed by atoms with van der Waals surface area (Å²) in [4.78, 5) is 10.4. The Morgan fingerprint density at radius 2 is 1.38 bits per heavy atom. The molecular formula is C27H23ClN4O4S. The lowest BCUT2D eigenvalue weighted by molar-refractivity contribution is -0.385. The van der Waals surface area contributed by atoms with Gasteiger partial charge in [-0.15, -0.1) is 0 Å². The van der Waals surface area contributed by atoms with E-state index >= 15 is 0 Å². The van der Waals surface area contributed by atoms with Gasteiger partial charge >= 0.3 is 0 Å². The lowest BCUT2D eigenvalue weighted by atomic mass is 10.0. The van der Waals surface area contributed by atoms with E-state index in [-0.39, 0.29) is 27.0 Å². The van der Waals surface area contributed by atoms with Crippen molar-refractivity contribution >= 4 is 44.4 Å². The highest BCUT2D eigenvalue weighted by Gasteiger charge is 2.23. The predicted octanol–water partition coefficient (Wildman–Crippen LogP) is 6.30. The minimum atomic E-state index is -4.26. The van der Waals surface area contributed by atoms with Crippen molar-refractivity contribution in [3.8, 4) is 0 Å². The number of para-hydroxylation sites is 1. The Bertz CT molecular complexity index is 1490. The maximum Gasteiger partial charge on any atom is 0.270 e. The van der Waals surface area contributed by atoms with Crippen LogP contribution in [0.3, 0.4) is 0 Å². The molecule has 0 aromatic heterocycles. The minimum absolute atomic E-state index is 0.0868. The highest BCUT2D eigenvalue weighted by molar-refractivity contribution is 7.93. The number of sulfonamides is 1. The Kier molecular flexibility index (Phi) is 8.17. The molecule has 0 unspecified atom stereocenters. The molecule has 0 aliphatic heterocycles. The number of hydrazone groups is 1. The average Bonchev–Trinajstić information content (AvgIpc) is 2.89. The third kappa shape index (κ3) is 6.93. The summed E-state index contributed by atoms with van der Waals surface area (Å²) in [6, 6.07) is 29.4. The third-order valence-corrected chi connectivity index (χ3v) is 7.16. The van der Waals surface area contributed by atoms with Crippen molar-refractivity contribution < 1.29 is 13.3 Å². The van der Waals surface area contributed by atoms with Gasteiger partial charge in [0.1, 0.15) is 4.90 Å². The van der Waals surface area contributed by atoms with Crippen LogP contribution in [0.5, 0.6) is 0 Å². The monoisotopic (exact) mass is 534 g/mol. The number of nitro benzene ring substituents is 1. The van der Waals surface area contributed by atoms with E-state index in [9.17, 15) is 18.5 Å². The Morgan fingerprint density at radius 1 is 0.811 bits per heavy atom. The summed E-state index contributed by atoms with van der Waals surface area (Å²) in [5.41, 5.74) is 5.53. The molecule has 37 heavy (non-hydrogen) atoms. The Morgan fingerprint density at radius 3 is 1.95 bits per heavy atom. The van der Waals surface area contributed by atoms with Crippen LogP contribution in [-0.2, 0) is 22.9 Å². The Balaban J connectivity index is 1.70. The fourth-order valence-corrected chi connectivity index (χ4v) is 5.12. The van der Waals surface area contributed by atoms with Crippen LogP contribution in [0.2, 0.25) is 5.02 Å². The second-order valence-electron chi connectivity index (χ2n) is 8.14. The summed E-state index contributed by atoms with van der Waals surface area (Å²) in [6.07, 6.45) is 1.05. The van der Waals surface area contributed by atoms with Gasteiger partial charge in [0.05, 0.1) is 21.3 Å². The number of nitro groups is 1. The van der Waals surface area contributed by atoms with E-state index in [1.54, 1.807) is 12.1 Å². The van der Waals surface area contributed by atoms with Gasteiger partial charge < -0.3 is 0 Å². The van der Waals surface area contributed by atoms with Gasteiger partial charge in [-0.3, -0.25) is 20.3 Å². The van der Waals surface area contributed by atoms with Crippen molar-refractivity contribution in [3.63, 3.8) is 0 Å². The van der Waals surface area contributed by atoms with Crippen LogP contribution in [0.4, 0.5) is 17.1 Å². The summed E-state index contributed by atoms with van der Waals surface area (Å²) in [5, 5.41) is 16.1. The number of halogens is 1. The highest BCUT2D eigenvalue weighted by Crippen LogP contribution is 2.30. The fraction of sp³-hybridized carbons (Fsp3) is 0.0741. The molecule has 188 valence electrons. The first-order chi connectivity index (χ1) is 17.8. The second kappa shape index (κ2) is 11.7. The molecule has 0 aliphatic rings. The van der Waals surface area contributed by atoms with E-state index in [1.807, 2.05) is 60.7 Å². The lowest BCUT2D eigenvalue weighted by Crippen LogP contribution is -2.16. The summed E-state index contributed by atoms with van der Waals surface area (Å²) in [7, 11) is -4.26. The quantitative estimate of drug-likeness (QED) is 0.141. The third-order valence-electron chi connectivity index (χ3n) is 5.42. The van der Waals surface area contributed by atoms with Crippen molar-refractivity contribution in [2.45, 2.75) is 17.7 Å². The molecule has 0 atom stereocenters. The van der Waals surface area contributed by atoms with Gasteiger partial charge in [0.25, 0.3) is 15.7 Å². The van der Waals surface area contributed by atoms with Gasteiger partial charge in [0, 0.05) is 30.7 Å². The summed E-state index contributed by atoms with van der Waals surface area (Å²) >= 11 is 6.12. The number of anilines is 2. The minimum Gasteiger partial charge on any atom is -0.278 e. The van der Waals surface area contributed by atoms with Crippen molar-refractivity contribution in [2.75, 3.05) is 10.1 Å². The molecular weight excluding hydrogens is 512 g/mol. The smallest absolute Gasteiger partial charge is 0.270 e. The van der Waals surface area contributed by atoms with Gasteiger partial charge in [0.2, 0.25) is 0 Å². The second-order valence-corrected chi connectivity index (χ2v) is 10.2. The van der Waals surface area contributed by atoms with E-state index in [0.29, 0.717) is 12.8 Å². The average molecular weight is 535 g/mol. The van der Waals surface area contributed by atoms with Crippen molar-refractivity contribution in [1.82, 2.24) is 0 Å². The summed E-state index contributed by atoms with van der Waals surface area (Å²) < 4.78 is 29.0. The Hall–Kier alpha value is -4.21. The van der Waals surface area contributed by atoms with Crippen LogP contribution in [0.1, 0.15) is 11.1 Å². The van der Waals surface area contributed by atoms with Crippen molar-refractivity contribution in [1.29, 1.82) is 0 Å². The molecule has 2 N–H and O–H groups in total. The van der Waals surface area contributed by atoms with Crippen LogP contribution in [0.25, 0.3) is 0 Å². The zero-order valence-electron chi connectivity index (χ0n) is 19.5. The van der Waals surface area contributed by atoms with E-state index in [0.717, 1.165) is 22.9 Å². The zero-order chi connectivity index (χ0) is 26.3. The SMILES string of the molecule is O=[N+]([O-])c1ccc(NN=C(Cc2ccccc2)Cc2ccccc2)c(S(=O)(=O)Nc2ccccc2Cl)c1. The number of nitrogens with one attached hydrogen (secondary N) is 2. The molecule has 0 saturated carbocycles. The summed E-state index contributed by atoms with van der Waals surface area (Å²) in [5.74, 6) is 0. The maximum absolute atomic E-state index is 13.3. The van der Waals surface area contributed by atoms with E-state index in [1.165, 1.54) is 24.3 Å². The molecule has 0 aliphatic carbocycles.